The number of nitrogens with zero attached hydrogens (tertiary/aromatic N) is 4. The average molecular weight is 256 g/mol. The summed E-state index contributed by atoms with van der Waals surface area (Å²) in [6, 6.07) is 2.02. The molecular formula is C14H16N4O. The summed E-state index contributed by atoms with van der Waals surface area (Å²) in [5, 5.41) is 4.21. The van der Waals surface area contributed by atoms with Crippen LogP contribution in [0.2, 0.25) is 0 Å². The molecule has 0 radical (unpaired) electrons. The van der Waals surface area contributed by atoms with Gasteiger partial charge in [0.2, 0.25) is 0 Å². The number of fused-ring (bicyclic) bond motifs is 1. The van der Waals surface area contributed by atoms with Crippen molar-refractivity contribution in [1.82, 2.24) is 19.2 Å². The molecular weight excluding hydrogens is 240 g/mol. The van der Waals surface area contributed by atoms with Crippen LogP contribution in [-0.4, -0.2) is 25.3 Å². The molecule has 3 rings (SSSR count). The first-order valence-corrected chi connectivity index (χ1v) is 6.26. The number of rotatable bonds is 3. The lowest BCUT2D eigenvalue weighted by Crippen LogP contribution is -2.07. The Balaban J connectivity index is 2.18. The van der Waals surface area contributed by atoms with Gasteiger partial charge in [0.15, 0.2) is 0 Å². The summed E-state index contributed by atoms with van der Waals surface area (Å²) in [6.07, 6.45) is 9.59. The molecule has 0 aromatic carbocycles. The summed E-state index contributed by atoms with van der Waals surface area (Å²) in [5.41, 5.74) is 2.94. The predicted molar refractivity (Wildman–Crippen MR) is 73.2 cm³/mol. The van der Waals surface area contributed by atoms with Gasteiger partial charge in [-0.3, -0.25) is 4.68 Å². The molecule has 0 amide bonds. The van der Waals surface area contributed by atoms with E-state index in [1.165, 1.54) is 0 Å². The molecule has 0 spiro atoms. The topological polar surface area (TPSA) is 44.4 Å². The van der Waals surface area contributed by atoms with Crippen molar-refractivity contribution in [2.75, 3.05) is 0 Å². The summed E-state index contributed by atoms with van der Waals surface area (Å²) >= 11 is 0. The first-order valence-electron chi connectivity index (χ1n) is 6.26. The van der Waals surface area contributed by atoms with E-state index < -0.39 is 0 Å². The molecule has 19 heavy (non-hydrogen) atoms. The normalized spacial score (nSPS) is 11.4. The van der Waals surface area contributed by atoms with Gasteiger partial charge in [0.05, 0.1) is 18.5 Å². The van der Waals surface area contributed by atoms with Crippen molar-refractivity contribution in [3.05, 3.63) is 37.1 Å². The lowest BCUT2D eigenvalue weighted by atomic mass is 10.1. The molecule has 0 saturated heterocycles. The van der Waals surface area contributed by atoms with Crippen molar-refractivity contribution in [1.29, 1.82) is 0 Å². The van der Waals surface area contributed by atoms with Gasteiger partial charge in [0, 0.05) is 36.8 Å². The van der Waals surface area contributed by atoms with E-state index in [1.807, 2.05) is 56.1 Å². The maximum absolute atomic E-state index is 5.90. The highest BCUT2D eigenvalue weighted by atomic mass is 16.5. The first kappa shape index (κ1) is 11.8. The molecule has 0 aliphatic rings. The van der Waals surface area contributed by atoms with Gasteiger partial charge in [0.25, 0.3) is 0 Å². The molecule has 3 aromatic heterocycles. The maximum atomic E-state index is 5.90. The number of pyridine rings is 1. The fraction of sp³-hybridized carbons (Fsp3) is 0.286. The Morgan fingerprint density at radius 2 is 2.11 bits per heavy atom. The minimum absolute atomic E-state index is 0.122. The van der Waals surface area contributed by atoms with Crippen molar-refractivity contribution in [3.8, 4) is 16.9 Å². The van der Waals surface area contributed by atoms with Gasteiger partial charge in [-0.2, -0.15) is 5.10 Å². The number of hydrogen-bond donors (Lipinski definition) is 0. The van der Waals surface area contributed by atoms with Gasteiger partial charge in [0.1, 0.15) is 11.4 Å². The van der Waals surface area contributed by atoms with Crippen LogP contribution in [0, 0.1) is 0 Å². The Morgan fingerprint density at radius 1 is 1.26 bits per heavy atom. The van der Waals surface area contributed by atoms with E-state index >= 15 is 0 Å². The molecule has 5 heteroatoms. The van der Waals surface area contributed by atoms with E-state index in [0.717, 1.165) is 22.5 Å². The van der Waals surface area contributed by atoms with Crippen LogP contribution in [0.1, 0.15) is 13.8 Å². The SMILES string of the molecule is CC(C)Oc1cn2ccnc2cc1-c1cnn(C)c1. The molecule has 3 aromatic rings. The van der Waals surface area contributed by atoms with Crippen LogP contribution in [0.5, 0.6) is 5.75 Å². The molecule has 3 heterocycles. The van der Waals surface area contributed by atoms with Gasteiger partial charge >= 0.3 is 0 Å². The largest absolute Gasteiger partial charge is 0.489 e. The second-order valence-electron chi connectivity index (χ2n) is 4.81. The second-order valence-corrected chi connectivity index (χ2v) is 4.81. The van der Waals surface area contributed by atoms with Gasteiger partial charge in [-0.05, 0) is 19.9 Å². The van der Waals surface area contributed by atoms with Crippen molar-refractivity contribution in [2.24, 2.45) is 7.05 Å². The van der Waals surface area contributed by atoms with Gasteiger partial charge in [-0.25, -0.2) is 4.98 Å². The molecule has 0 fully saturated rings. The molecule has 0 atom stereocenters. The number of aryl methyl sites for hydroxylation is 1. The van der Waals surface area contributed by atoms with E-state index in [-0.39, 0.29) is 6.10 Å². The number of hydrogen-bond acceptors (Lipinski definition) is 3. The van der Waals surface area contributed by atoms with Gasteiger partial charge in [-0.1, -0.05) is 0 Å². The lowest BCUT2D eigenvalue weighted by Gasteiger charge is -2.14. The van der Waals surface area contributed by atoms with E-state index in [4.69, 9.17) is 4.74 Å². The molecule has 0 saturated carbocycles. The predicted octanol–water partition coefficient (Wildman–Crippen LogP) is 2.52. The van der Waals surface area contributed by atoms with E-state index in [2.05, 4.69) is 10.1 Å². The highest BCUT2D eigenvalue weighted by Gasteiger charge is 2.12. The van der Waals surface area contributed by atoms with Crippen LogP contribution in [0.25, 0.3) is 16.8 Å². The molecule has 5 nitrogen and oxygen atoms in total. The minimum atomic E-state index is 0.122. The van der Waals surface area contributed by atoms with Crippen molar-refractivity contribution in [2.45, 2.75) is 20.0 Å². The smallest absolute Gasteiger partial charge is 0.144 e. The molecule has 0 bridgehead atoms. The summed E-state index contributed by atoms with van der Waals surface area (Å²) in [4.78, 5) is 4.31. The Morgan fingerprint density at radius 3 is 2.79 bits per heavy atom. The van der Waals surface area contributed by atoms with Crippen LogP contribution in [0.15, 0.2) is 37.1 Å². The van der Waals surface area contributed by atoms with Crippen LogP contribution in [0.3, 0.4) is 0 Å². The molecule has 0 unspecified atom stereocenters. The summed E-state index contributed by atoms with van der Waals surface area (Å²) < 4.78 is 9.64. The summed E-state index contributed by atoms with van der Waals surface area (Å²) in [7, 11) is 1.90. The number of aromatic nitrogens is 4. The third-order valence-corrected chi connectivity index (χ3v) is 2.87. The highest BCUT2D eigenvalue weighted by Crippen LogP contribution is 2.31. The van der Waals surface area contributed by atoms with Crippen molar-refractivity contribution in [3.63, 3.8) is 0 Å². The van der Waals surface area contributed by atoms with Gasteiger partial charge < -0.3 is 9.14 Å². The zero-order chi connectivity index (χ0) is 13.4. The third kappa shape index (κ3) is 2.19. The minimum Gasteiger partial charge on any atom is -0.489 e. The summed E-state index contributed by atoms with van der Waals surface area (Å²) in [5.74, 6) is 0.841. The Hall–Kier alpha value is -2.30. The first-order chi connectivity index (χ1) is 9.13. The Kier molecular flexibility index (Phi) is 2.74. The lowest BCUT2D eigenvalue weighted by molar-refractivity contribution is 0.242. The van der Waals surface area contributed by atoms with Gasteiger partial charge in [-0.15, -0.1) is 0 Å². The zero-order valence-electron chi connectivity index (χ0n) is 11.2. The second kappa shape index (κ2) is 4.42. The average Bonchev–Trinajstić information content (AvgIpc) is 2.95. The fourth-order valence-corrected chi connectivity index (χ4v) is 2.08. The summed E-state index contributed by atoms with van der Waals surface area (Å²) in [6.45, 7) is 4.04. The van der Waals surface area contributed by atoms with Crippen LogP contribution in [0.4, 0.5) is 0 Å². The van der Waals surface area contributed by atoms with E-state index in [9.17, 15) is 0 Å². The number of imidazole rings is 1. The monoisotopic (exact) mass is 256 g/mol. The fourth-order valence-electron chi connectivity index (χ4n) is 2.08. The standard InChI is InChI=1S/C14H16N4O/c1-10(2)19-13-9-18-5-4-15-14(18)6-12(13)11-7-16-17(3)8-11/h4-10H,1-3H3. The molecule has 0 aliphatic heterocycles. The molecule has 98 valence electrons. The van der Waals surface area contributed by atoms with Crippen LogP contribution in [-0.2, 0) is 7.05 Å². The van der Waals surface area contributed by atoms with E-state index in [0.29, 0.717) is 0 Å². The van der Waals surface area contributed by atoms with Crippen molar-refractivity contribution < 1.29 is 4.74 Å². The number of ether oxygens (including phenoxy) is 1. The third-order valence-electron chi connectivity index (χ3n) is 2.87. The zero-order valence-corrected chi connectivity index (χ0v) is 11.2. The van der Waals surface area contributed by atoms with Crippen LogP contribution < -0.4 is 4.74 Å². The van der Waals surface area contributed by atoms with Crippen molar-refractivity contribution >= 4 is 5.65 Å². The van der Waals surface area contributed by atoms with Crippen LogP contribution >= 0.6 is 0 Å². The Bertz CT molecular complexity index is 711. The maximum Gasteiger partial charge on any atom is 0.144 e. The highest BCUT2D eigenvalue weighted by molar-refractivity contribution is 5.72. The Labute approximate surface area is 111 Å². The quantitative estimate of drug-likeness (QED) is 0.723. The van der Waals surface area contributed by atoms with E-state index in [1.54, 1.807) is 10.9 Å². The molecule has 0 aliphatic carbocycles. The molecule has 0 N–H and O–H groups in total.